The van der Waals surface area contributed by atoms with E-state index in [2.05, 4.69) is 146 Å². The Morgan fingerprint density at radius 1 is 0.659 bits per heavy atom. The van der Waals surface area contributed by atoms with Crippen LogP contribution in [0.2, 0.25) is 19.6 Å². The molecule has 0 saturated carbocycles. The van der Waals surface area contributed by atoms with E-state index in [0.717, 1.165) is 39.1 Å². The molecule has 41 heavy (non-hydrogen) atoms. The van der Waals surface area contributed by atoms with Gasteiger partial charge in [-0.1, -0.05) is 110 Å². The molecular weight excluding hydrogens is 517 g/mol. The SMILES string of the molecule is Cc1cc(-c2ccccc2)c(-n2c(-c3coc4ccc([Si](C)(C)C)cc34)nc3ccccc32)c(-c2ccccc2)c1. The summed E-state index contributed by atoms with van der Waals surface area (Å²) in [5.74, 6) is 0.885. The van der Waals surface area contributed by atoms with E-state index in [4.69, 9.17) is 9.40 Å². The minimum atomic E-state index is -1.54. The summed E-state index contributed by atoms with van der Waals surface area (Å²) in [6.45, 7) is 9.33. The number of hydrogen-bond donors (Lipinski definition) is 0. The quantitative estimate of drug-likeness (QED) is 0.201. The minimum absolute atomic E-state index is 0.885. The number of nitrogens with zero attached hydrogens (tertiary/aromatic N) is 2. The van der Waals surface area contributed by atoms with E-state index in [-0.39, 0.29) is 0 Å². The van der Waals surface area contributed by atoms with Crippen molar-refractivity contribution in [2.24, 2.45) is 0 Å². The molecular formula is C37H32N2OSi. The van der Waals surface area contributed by atoms with Crippen molar-refractivity contribution in [1.82, 2.24) is 9.55 Å². The molecule has 0 atom stereocenters. The van der Waals surface area contributed by atoms with Gasteiger partial charge in [-0.15, -0.1) is 0 Å². The van der Waals surface area contributed by atoms with Gasteiger partial charge in [0.05, 0.1) is 30.4 Å². The average molecular weight is 549 g/mol. The Morgan fingerprint density at radius 3 is 1.90 bits per heavy atom. The van der Waals surface area contributed by atoms with Gasteiger partial charge in [-0.3, -0.25) is 4.57 Å². The molecule has 5 aromatic carbocycles. The van der Waals surface area contributed by atoms with Crippen LogP contribution in [-0.4, -0.2) is 17.6 Å². The maximum Gasteiger partial charge on any atom is 0.149 e. The first-order valence-electron chi connectivity index (χ1n) is 14.1. The minimum Gasteiger partial charge on any atom is -0.464 e. The maximum absolute atomic E-state index is 6.17. The zero-order chi connectivity index (χ0) is 28.1. The Bertz CT molecular complexity index is 1970. The van der Waals surface area contributed by atoms with Crippen molar-refractivity contribution in [2.45, 2.75) is 26.6 Å². The smallest absolute Gasteiger partial charge is 0.149 e. The molecule has 0 aliphatic carbocycles. The van der Waals surface area contributed by atoms with Crippen molar-refractivity contribution < 1.29 is 4.42 Å². The molecule has 0 spiro atoms. The normalized spacial score (nSPS) is 11.9. The Balaban J connectivity index is 1.62. The fraction of sp³-hybridized carbons (Fsp3) is 0.108. The van der Waals surface area contributed by atoms with Crippen LogP contribution in [-0.2, 0) is 0 Å². The molecule has 0 saturated heterocycles. The van der Waals surface area contributed by atoms with Crippen LogP contribution >= 0.6 is 0 Å². The van der Waals surface area contributed by atoms with E-state index in [9.17, 15) is 0 Å². The van der Waals surface area contributed by atoms with Crippen molar-refractivity contribution in [3.63, 3.8) is 0 Å². The molecule has 0 unspecified atom stereocenters. The van der Waals surface area contributed by atoms with Crippen molar-refractivity contribution in [2.75, 3.05) is 0 Å². The second-order valence-corrected chi connectivity index (χ2v) is 16.9. The van der Waals surface area contributed by atoms with Gasteiger partial charge < -0.3 is 4.42 Å². The van der Waals surface area contributed by atoms with Crippen LogP contribution < -0.4 is 5.19 Å². The molecule has 200 valence electrons. The van der Waals surface area contributed by atoms with Gasteiger partial charge in [-0.25, -0.2) is 4.98 Å². The summed E-state index contributed by atoms with van der Waals surface area (Å²) in [5.41, 5.74) is 10.9. The number of benzene rings is 5. The van der Waals surface area contributed by atoms with Gasteiger partial charge >= 0.3 is 0 Å². The molecule has 7 aromatic rings. The Morgan fingerprint density at radius 2 is 1.27 bits per heavy atom. The van der Waals surface area contributed by atoms with Crippen LogP contribution in [0, 0.1) is 6.92 Å². The number of aromatic nitrogens is 2. The number of fused-ring (bicyclic) bond motifs is 2. The van der Waals surface area contributed by atoms with Crippen molar-refractivity contribution >= 4 is 35.3 Å². The Hall–Kier alpha value is -4.67. The molecule has 2 aromatic heterocycles. The summed E-state index contributed by atoms with van der Waals surface area (Å²) in [6, 6.07) is 41.1. The van der Waals surface area contributed by atoms with Crippen molar-refractivity contribution in [3.8, 4) is 39.3 Å². The summed E-state index contributed by atoms with van der Waals surface area (Å²) in [6.07, 6.45) is 1.88. The van der Waals surface area contributed by atoms with Gasteiger partial charge in [0.15, 0.2) is 0 Å². The summed E-state index contributed by atoms with van der Waals surface area (Å²) in [5, 5.41) is 2.51. The monoisotopic (exact) mass is 548 g/mol. The lowest BCUT2D eigenvalue weighted by molar-refractivity contribution is 0.616. The van der Waals surface area contributed by atoms with Gasteiger partial charge in [0.1, 0.15) is 17.7 Å². The van der Waals surface area contributed by atoms with Gasteiger partial charge in [-0.05, 0) is 53.9 Å². The topological polar surface area (TPSA) is 31.0 Å². The summed E-state index contributed by atoms with van der Waals surface area (Å²) >= 11 is 0. The molecule has 4 heteroatoms. The van der Waals surface area contributed by atoms with Crippen LogP contribution in [0.25, 0.3) is 61.3 Å². The molecule has 7 rings (SSSR count). The number of imidazole rings is 1. The molecule has 2 heterocycles. The fourth-order valence-corrected chi connectivity index (χ4v) is 6.96. The van der Waals surface area contributed by atoms with E-state index >= 15 is 0 Å². The van der Waals surface area contributed by atoms with Crippen molar-refractivity contribution in [3.05, 3.63) is 127 Å². The highest BCUT2D eigenvalue weighted by molar-refractivity contribution is 6.88. The van der Waals surface area contributed by atoms with E-state index in [1.54, 1.807) is 0 Å². The predicted molar refractivity (Wildman–Crippen MR) is 175 cm³/mol. The molecule has 0 amide bonds. The van der Waals surface area contributed by atoms with E-state index in [1.165, 1.54) is 33.0 Å². The van der Waals surface area contributed by atoms with Gasteiger partial charge in [-0.2, -0.15) is 0 Å². The number of para-hydroxylation sites is 2. The average Bonchev–Trinajstić information content (AvgIpc) is 3.58. The van der Waals surface area contributed by atoms with Crippen LogP contribution in [0.5, 0.6) is 0 Å². The largest absolute Gasteiger partial charge is 0.464 e. The summed E-state index contributed by atoms with van der Waals surface area (Å²) in [7, 11) is -1.54. The maximum atomic E-state index is 6.17. The number of aryl methyl sites for hydroxylation is 1. The fourth-order valence-electron chi connectivity index (χ4n) is 5.80. The third-order valence-corrected chi connectivity index (χ3v) is 9.93. The second-order valence-electron chi connectivity index (χ2n) is 11.8. The first-order valence-corrected chi connectivity index (χ1v) is 17.6. The van der Waals surface area contributed by atoms with Crippen LogP contribution in [0.4, 0.5) is 0 Å². The van der Waals surface area contributed by atoms with E-state index < -0.39 is 8.07 Å². The predicted octanol–water partition coefficient (Wildman–Crippen LogP) is 9.63. The van der Waals surface area contributed by atoms with Crippen LogP contribution in [0.1, 0.15) is 5.56 Å². The summed E-state index contributed by atoms with van der Waals surface area (Å²) < 4.78 is 8.52. The van der Waals surface area contributed by atoms with Crippen LogP contribution in [0.3, 0.4) is 0 Å². The molecule has 0 radical (unpaired) electrons. The highest BCUT2D eigenvalue weighted by atomic mass is 28.3. The molecule has 3 nitrogen and oxygen atoms in total. The van der Waals surface area contributed by atoms with Crippen molar-refractivity contribution in [1.29, 1.82) is 0 Å². The van der Waals surface area contributed by atoms with E-state index in [1.807, 2.05) is 6.26 Å². The Kier molecular flexibility index (Phi) is 6.02. The number of furan rings is 1. The van der Waals surface area contributed by atoms with Gasteiger partial charge in [0, 0.05) is 16.5 Å². The number of rotatable bonds is 5. The molecule has 0 fully saturated rings. The van der Waals surface area contributed by atoms with Crippen LogP contribution in [0.15, 0.2) is 126 Å². The Labute approximate surface area is 241 Å². The third kappa shape index (κ3) is 4.41. The van der Waals surface area contributed by atoms with Gasteiger partial charge in [0.2, 0.25) is 0 Å². The third-order valence-electron chi connectivity index (χ3n) is 7.89. The second kappa shape index (κ2) is 9.75. The molecule has 0 aliphatic rings. The lowest BCUT2D eigenvalue weighted by Crippen LogP contribution is -2.37. The lowest BCUT2D eigenvalue weighted by atomic mass is 9.93. The van der Waals surface area contributed by atoms with Gasteiger partial charge in [0.25, 0.3) is 0 Å². The molecule has 0 N–H and O–H groups in total. The lowest BCUT2D eigenvalue weighted by Gasteiger charge is -2.21. The number of hydrogen-bond acceptors (Lipinski definition) is 2. The highest BCUT2D eigenvalue weighted by Crippen LogP contribution is 2.42. The highest BCUT2D eigenvalue weighted by Gasteiger charge is 2.25. The molecule has 0 aliphatic heterocycles. The zero-order valence-electron chi connectivity index (χ0n) is 23.8. The van der Waals surface area contributed by atoms with E-state index in [0.29, 0.717) is 0 Å². The molecule has 0 bridgehead atoms. The summed E-state index contributed by atoms with van der Waals surface area (Å²) in [4.78, 5) is 5.28. The first kappa shape index (κ1) is 25.3. The first-order chi connectivity index (χ1) is 19.9. The zero-order valence-corrected chi connectivity index (χ0v) is 24.8. The standard InChI is InChI=1S/C37H32N2OSi/c1-25-21-29(26-13-7-5-8-14-26)36(30(22-25)27-15-9-6-10-16-27)39-34-18-12-11-17-33(34)38-37(39)32-24-40-35-20-19-28(23-31(32)35)41(2,3)4/h5-24H,1-4H3.